The van der Waals surface area contributed by atoms with E-state index in [4.69, 9.17) is 5.73 Å². The third kappa shape index (κ3) is 3.56. The lowest BCUT2D eigenvalue weighted by molar-refractivity contribution is 0.600. The van der Waals surface area contributed by atoms with Crippen molar-refractivity contribution in [3.8, 4) is 0 Å². The minimum atomic E-state index is -3.82. The number of benzene rings is 2. The van der Waals surface area contributed by atoms with Gasteiger partial charge in [0.15, 0.2) is 0 Å². The highest BCUT2D eigenvalue weighted by Crippen LogP contribution is 2.30. The van der Waals surface area contributed by atoms with Crippen LogP contribution in [0.15, 0.2) is 44.2 Å². The van der Waals surface area contributed by atoms with Crippen LogP contribution >= 0.6 is 31.9 Å². The summed E-state index contributed by atoms with van der Waals surface area (Å²) in [6, 6.07) is 6.82. The van der Waals surface area contributed by atoms with E-state index in [1.165, 1.54) is 18.2 Å². The van der Waals surface area contributed by atoms with Gasteiger partial charge in [0.25, 0.3) is 10.0 Å². The molecule has 2 rings (SSSR count). The predicted octanol–water partition coefficient (Wildman–Crippen LogP) is 4.04. The summed E-state index contributed by atoms with van der Waals surface area (Å²) < 4.78 is 41.3. The van der Waals surface area contributed by atoms with Gasteiger partial charge in [-0.2, -0.15) is 0 Å². The van der Waals surface area contributed by atoms with Crippen molar-refractivity contribution in [3.63, 3.8) is 0 Å². The Balaban J connectivity index is 2.43. The first-order valence-corrected chi connectivity index (χ1v) is 8.81. The molecule has 4 nitrogen and oxygen atoms in total. The van der Waals surface area contributed by atoms with Crippen molar-refractivity contribution in [2.45, 2.75) is 11.8 Å². The molecule has 0 spiro atoms. The van der Waals surface area contributed by atoms with E-state index < -0.39 is 15.8 Å². The van der Waals surface area contributed by atoms with Crippen molar-refractivity contribution in [2.75, 3.05) is 10.5 Å². The first-order chi connectivity index (χ1) is 9.70. The standard InChI is InChI=1S/C13H11Br2FN2O2S/c1-7-4-10(15)13(6-9(7)14)21(19,20)18-8-2-3-11(16)12(17)5-8/h2-6,18H,17H2,1H3. The van der Waals surface area contributed by atoms with Gasteiger partial charge in [0, 0.05) is 8.95 Å². The van der Waals surface area contributed by atoms with Gasteiger partial charge < -0.3 is 5.73 Å². The number of hydrogen-bond acceptors (Lipinski definition) is 3. The van der Waals surface area contributed by atoms with Crippen LogP contribution in [0.5, 0.6) is 0 Å². The zero-order valence-corrected chi connectivity index (χ0v) is 14.8. The average molecular weight is 438 g/mol. The number of sulfonamides is 1. The second kappa shape index (κ2) is 5.94. The maximum atomic E-state index is 13.1. The van der Waals surface area contributed by atoms with Gasteiger partial charge in [-0.15, -0.1) is 0 Å². The summed E-state index contributed by atoms with van der Waals surface area (Å²) in [4.78, 5) is 0.0721. The van der Waals surface area contributed by atoms with Crippen molar-refractivity contribution in [1.82, 2.24) is 0 Å². The highest BCUT2D eigenvalue weighted by molar-refractivity contribution is 9.11. The summed E-state index contributed by atoms with van der Waals surface area (Å²) in [7, 11) is -3.82. The maximum Gasteiger partial charge on any atom is 0.263 e. The molecule has 0 fully saturated rings. The number of rotatable bonds is 3. The summed E-state index contributed by atoms with van der Waals surface area (Å²) in [6.45, 7) is 1.85. The average Bonchev–Trinajstić information content (AvgIpc) is 2.37. The minimum absolute atomic E-state index is 0.0721. The van der Waals surface area contributed by atoms with Crippen LogP contribution in [0, 0.1) is 12.7 Å². The lowest BCUT2D eigenvalue weighted by Gasteiger charge is -2.12. The van der Waals surface area contributed by atoms with Crippen molar-refractivity contribution in [1.29, 1.82) is 0 Å². The third-order valence-corrected chi connectivity index (χ3v) is 5.94. The molecule has 3 N–H and O–H groups in total. The summed E-state index contributed by atoms with van der Waals surface area (Å²) in [5.74, 6) is -0.600. The quantitative estimate of drug-likeness (QED) is 0.711. The molecule has 0 aliphatic rings. The van der Waals surface area contributed by atoms with Crippen molar-refractivity contribution in [2.24, 2.45) is 0 Å². The van der Waals surface area contributed by atoms with Gasteiger partial charge in [0.05, 0.1) is 11.4 Å². The number of hydrogen-bond donors (Lipinski definition) is 2. The molecular formula is C13H11Br2FN2O2S. The second-order valence-electron chi connectivity index (χ2n) is 4.37. The fraction of sp³-hybridized carbons (Fsp3) is 0.0769. The highest BCUT2D eigenvalue weighted by Gasteiger charge is 2.19. The van der Waals surface area contributed by atoms with Crippen molar-refractivity contribution < 1.29 is 12.8 Å². The lowest BCUT2D eigenvalue weighted by Crippen LogP contribution is -2.14. The number of nitrogen functional groups attached to an aromatic ring is 1. The Bertz CT molecular complexity index is 810. The zero-order valence-electron chi connectivity index (χ0n) is 10.8. The van der Waals surface area contributed by atoms with Crippen molar-refractivity contribution >= 4 is 53.3 Å². The summed E-state index contributed by atoms with van der Waals surface area (Å²) in [6.07, 6.45) is 0. The van der Waals surface area contributed by atoms with Crippen LogP contribution in [-0.2, 0) is 10.0 Å². The molecule has 0 saturated carbocycles. The van der Waals surface area contributed by atoms with Gasteiger partial charge >= 0.3 is 0 Å². The van der Waals surface area contributed by atoms with Gasteiger partial charge in [-0.3, -0.25) is 4.72 Å². The van der Waals surface area contributed by atoms with Crippen LogP contribution < -0.4 is 10.5 Å². The number of nitrogens with two attached hydrogens (primary N) is 1. The number of aryl methyl sites for hydroxylation is 1. The van der Waals surface area contributed by atoms with Crippen LogP contribution in [0.1, 0.15) is 5.56 Å². The second-order valence-corrected chi connectivity index (χ2v) is 7.73. The molecule has 0 aliphatic carbocycles. The normalized spacial score (nSPS) is 11.4. The van der Waals surface area contributed by atoms with Gasteiger partial charge in [-0.1, -0.05) is 15.9 Å². The van der Waals surface area contributed by atoms with Crippen LogP contribution in [-0.4, -0.2) is 8.42 Å². The number of nitrogens with one attached hydrogen (secondary N) is 1. The molecule has 0 aromatic heterocycles. The summed E-state index contributed by atoms with van der Waals surface area (Å²) in [5.41, 5.74) is 6.39. The molecule has 0 aliphatic heterocycles. The Labute approximate surface area is 138 Å². The first-order valence-electron chi connectivity index (χ1n) is 5.74. The monoisotopic (exact) mass is 436 g/mol. The van der Waals surface area contributed by atoms with E-state index in [-0.39, 0.29) is 16.3 Å². The van der Waals surface area contributed by atoms with E-state index in [1.807, 2.05) is 6.92 Å². The Morgan fingerprint density at radius 1 is 1.14 bits per heavy atom. The van der Waals surface area contributed by atoms with E-state index in [0.717, 1.165) is 11.6 Å². The zero-order chi connectivity index (χ0) is 15.8. The molecule has 2 aromatic carbocycles. The van der Waals surface area contributed by atoms with Crippen LogP contribution in [0.2, 0.25) is 0 Å². The Morgan fingerprint density at radius 3 is 2.43 bits per heavy atom. The Kier molecular flexibility index (Phi) is 4.60. The largest absolute Gasteiger partial charge is 0.396 e. The maximum absolute atomic E-state index is 13.1. The molecule has 0 saturated heterocycles. The summed E-state index contributed by atoms with van der Waals surface area (Å²) >= 11 is 6.53. The van der Waals surface area contributed by atoms with Gasteiger partial charge in [-0.05, 0) is 58.7 Å². The molecule has 0 amide bonds. The first kappa shape index (κ1) is 16.3. The van der Waals surface area contributed by atoms with Crippen molar-refractivity contribution in [3.05, 3.63) is 50.7 Å². The van der Waals surface area contributed by atoms with Gasteiger partial charge in [-0.25, -0.2) is 12.8 Å². The smallest absolute Gasteiger partial charge is 0.263 e. The molecule has 0 bridgehead atoms. The molecule has 112 valence electrons. The third-order valence-electron chi connectivity index (χ3n) is 2.75. The topological polar surface area (TPSA) is 72.2 Å². The summed E-state index contributed by atoms with van der Waals surface area (Å²) in [5, 5.41) is 0. The van der Waals surface area contributed by atoms with E-state index in [0.29, 0.717) is 8.95 Å². The van der Waals surface area contributed by atoms with Crippen LogP contribution in [0.3, 0.4) is 0 Å². The Morgan fingerprint density at radius 2 is 1.81 bits per heavy atom. The predicted molar refractivity (Wildman–Crippen MR) is 88.2 cm³/mol. The molecule has 0 atom stereocenters. The van der Waals surface area contributed by atoms with Crippen LogP contribution in [0.4, 0.5) is 15.8 Å². The number of halogens is 3. The highest BCUT2D eigenvalue weighted by atomic mass is 79.9. The van der Waals surface area contributed by atoms with E-state index >= 15 is 0 Å². The van der Waals surface area contributed by atoms with E-state index in [9.17, 15) is 12.8 Å². The molecule has 0 unspecified atom stereocenters. The van der Waals surface area contributed by atoms with Crippen LogP contribution in [0.25, 0.3) is 0 Å². The minimum Gasteiger partial charge on any atom is -0.396 e. The van der Waals surface area contributed by atoms with E-state index in [2.05, 4.69) is 36.6 Å². The molecule has 0 heterocycles. The molecule has 21 heavy (non-hydrogen) atoms. The Hall–Kier alpha value is -1.12. The number of anilines is 2. The van der Waals surface area contributed by atoms with Gasteiger partial charge in [0.1, 0.15) is 10.7 Å². The molecular weight excluding hydrogens is 427 g/mol. The fourth-order valence-corrected chi connectivity index (χ4v) is 4.38. The SMILES string of the molecule is Cc1cc(Br)c(S(=O)(=O)Nc2ccc(F)c(N)c2)cc1Br. The molecule has 8 heteroatoms. The fourth-order valence-electron chi connectivity index (χ4n) is 1.65. The molecule has 2 aromatic rings. The molecule has 0 radical (unpaired) electrons. The van der Waals surface area contributed by atoms with E-state index in [1.54, 1.807) is 6.07 Å². The van der Waals surface area contributed by atoms with Gasteiger partial charge in [0.2, 0.25) is 0 Å². The lowest BCUT2D eigenvalue weighted by atomic mass is 10.2.